The number of hydrogen-bond acceptors (Lipinski definition) is 4. The third-order valence-corrected chi connectivity index (χ3v) is 3.17. The largest absolute Gasteiger partial charge is 0.490 e. The zero-order valence-electron chi connectivity index (χ0n) is 12.1. The number of methoxy groups -OCH3 is 1. The average Bonchev–Trinajstić information content (AvgIpc) is 2.48. The number of benzene rings is 2. The molecule has 1 unspecified atom stereocenters. The first-order valence-electron chi connectivity index (χ1n) is 6.73. The molecule has 2 rings (SSSR count). The SMILES string of the molecule is COc1ccc(NC(C)Cc2ccccc2)cc1[N+](=O)[O-]. The van der Waals surface area contributed by atoms with Crippen molar-refractivity contribution in [3.63, 3.8) is 0 Å². The third kappa shape index (κ3) is 3.95. The maximum atomic E-state index is 11.0. The Morgan fingerprint density at radius 1 is 1.24 bits per heavy atom. The van der Waals surface area contributed by atoms with E-state index in [0.717, 1.165) is 6.42 Å². The van der Waals surface area contributed by atoms with Crippen molar-refractivity contribution in [2.75, 3.05) is 12.4 Å². The predicted molar refractivity (Wildman–Crippen MR) is 82.9 cm³/mol. The van der Waals surface area contributed by atoms with Gasteiger partial charge in [-0.1, -0.05) is 30.3 Å². The molecule has 2 aromatic carbocycles. The van der Waals surface area contributed by atoms with Gasteiger partial charge in [0, 0.05) is 17.8 Å². The Labute approximate surface area is 123 Å². The third-order valence-electron chi connectivity index (χ3n) is 3.17. The predicted octanol–water partition coefficient (Wildman–Crippen LogP) is 3.65. The van der Waals surface area contributed by atoms with Gasteiger partial charge in [0.05, 0.1) is 12.0 Å². The Hall–Kier alpha value is -2.56. The van der Waals surface area contributed by atoms with E-state index in [-0.39, 0.29) is 17.5 Å². The van der Waals surface area contributed by atoms with E-state index in [1.165, 1.54) is 18.7 Å². The van der Waals surface area contributed by atoms with Crippen molar-refractivity contribution in [3.05, 3.63) is 64.2 Å². The second-order valence-electron chi connectivity index (χ2n) is 4.88. The average molecular weight is 286 g/mol. The summed E-state index contributed by atoms with van der Waals surface area (Å²) in [5.41, 5.74) is 1.90. The molecule has 0 bridgehead atoms. The topological polar surface area (TPSA) is 64.4 Å². The lowest BCUT2D eigenvalue weighted by atomic mass is 10.1. The molecule has 0 aliphatic carbocycles. The number of nitro groups is 1. The minimum atomic E-state index is -0.439. The van der Waals surface area contributed by atoms with Crippen LogP contribution in [0.3, 0.4) is 0 Å². The van der Waals surface area contributed by atoms with E-state index in [2.05, 4.69) is 17.4 Å². The van der Waals surface area contributed by atoms with Gasteiger partial charge in [0.15, 0.2) is 5.75 Å². The first kappa shape index (κ1) is 14.8. The van der Waals surface area contributed by atoms with Gasteiger partial charge in [-0.05, 0) is 31.0 Å². The van der Waals surface area contributed by atoms with Crippen LogP contribution in [0.1, 0.15) is 12.5 Å². The van der Waals surface area contributed by atoms with E-state index in [9.17, 15) is 10.1 Å². The lowest BCUT2D eigenvalue weighted by molar-refractivity contribution is -0.385. The standard InChI is InChI=1S/C16H18N2O3/c1-12(10-13-6-4-3-5-7-13)17-14-8-9-16(21-2)15(11-14)18(19)20/h3-9,11-12,17H,10H2,1-2H3. The fraction of sp³-hybridized carbons (Fsp3) is 0.250. The van der Waals surface area contributed by atoms with Gasteiger partial charge >= 0.3 is 5.69 Å². The highest BCUT2D eigenvalue weighted by molar-refractivity contribution is 5.58. The molecule has 5 nitrogen and oxygen atoms in total. The summed E-state index contributed by atoms with van der Waals surface area (Å²) in [6.45, 7) is 2.04. The van der Waals surface area contributed by atoms with Crippen LogP contribution in [0.5, 0.6) is 5.75 Å². The zero-order valence-corrected chi connectivity index (χ0v) is 12.1. The molecule has 0 radical (unpaired) electrons. The molecule has 0 fully saturated rings. The molecule has 0 spiro atoms. The second kappa shape index (κ2) is 6.74. The highest BCUT2D eigenvalue weighted by Gasteiger charge is 2.15. The fourth-order valence-electron chi connectivity index (χ4n) is 2.23. The molecule has 0 aliphatic rings. The molecule has 0 saturated carbocycles. The van der Waals surface area contributed by atoms with Crippen LogP contribution in [0.2, 0.25) is 0 Å². The number of nitrogens with one attached hydrogen (secondary N) is 1. The van der Waals surface area contributed by atoms with Gasteiger partial charge in [-0.15, -0.1) is 0 Å². The lowest BCUT2D eigenvalue weighted by Crippen LogP contribution is -2.18. The van der Waals surface area contributed by atoms with Gasteiger partial charge in [0.2, 0.25) is 0 Å². The highest BCUT2D eigenvalue weighted by Crippen LogP contribution is 2.30. The van der Waals surface area contributed by atoms with Gasteiger partial charge < -0.3 is 10.1 Å². The smallest absolute Gasteiger partial charge is 0.312 e. The lowest BCUT2D eigenvalue weighted by Gasteiger charge is -2.15. The maximum absolute atomic E-state index is 11.0. The summed E-state index contributed by atoms with van der Waals surface area (Å²) in [5, 5.41) is 14.3. The van der Waals surface area contributed by atoms with Gasteiger partial charge in [0.1, 0.15) is 0 Å². The van der Waals surface area contributed by atoms with Crippen LogP contribution in [-0.2, 0) is 6.42 Å². The summed E-state index contributed by atoms with van der Waals surface area (Å²) < 4.78 is 4.99. The van der Waals surface area contributed by atoms with Crippen molar-refractivity contribution >= 4 is 11.4 Å². The number of anilines is 1. The molecule has 0 heterocycles. The van der Waals surface area contributed by atoms with Crippen molar-refractivity contribution in [1.82, 2.24) is 0 Å². The van der Waals surface area contributed by atoms with Gasteiger partial charge in [0.25, 0.3) is 0 Å². The summed E-state index contributed by atoms with van der Waals surface area (Å²) in [4.78, 5) is 10.6. The summed E-state index contributed by atoms with van der Waals surface area (Å²) >= 11 is 0. The van der Waals surface area contributed by atoms with Crippen LogP contribution < -0.4 is 10.1 Å². The Morgan fingerprint density at radius 3 is 2.57 bits per heavy atom. The molecule has 0 aromatic heterocycles. The van der Waals surface area contributed by atoms with Crippen molar-refractivity contribution in [2.45, 2.75) is 19.4 Å². The van der Waals surface area contributed by atoms with Gasteiger partial charge in [-0.3, -0.25) is 10.1 Å². The van der Waals surface area contributed by atoms with Crippen LogP contribution in [0.15, 0.2) is 48.5 Å². The first-order valence-corrected chi connectivity index (χ1v) is 6.73. The van der Waals surface area contributed by atoms with Crippen LogP contribution >= 0.6 is 0 Å². The van der Waals surface area contributed by atoms with Crippen molar-refractivity contribution in [1.29, 1.82) is 0 Å². The Kier molecular flexibility index (Phi) is 4.77. The summed E-state index contributed by atoms with van der Waals surface area (Å²) in [7, 11) is 1.42. The van der Waals surface area contributed by atoms with E-state index >= 15 is 0 Å². The van der Waals surface area contributed by atoms with E-state index in [1.54, 1.807) is 12.1 Å². The fourth-order valence-corrected chi connectivity index (χ4v) is 2.23. The maximum Gasteiger partial charge on any atom is 0.312 e. The summed E-state index contributed by atoms with van der Waals surface area (Å²) in [5.74, 6) is 0.265. The minimum absolute atomic E-state index is 0.0330. The normalized spacial score (nSPS) is 11.7. The molecule has 1 atom stereocenters. The molecule has 21 heavy (non-hydrogen) atoms. The van der Waals surface area contributed by atoms with Crippen molar-refractivity contribution < 1.29 is 9.66 Å². The van der Waals surface area contributed by atoms with Crippen LogP contribution in [0.25, 0.3) is 0 Å². The zero-order chi connectivity index (χ0) is 15.2. The monoisotopic (exact) mass is 286 g/mol. The molecular weight excluding hydrogens is 268 g/mol. The van der Waals surface area contributed by atoms with Crippen LogP contribution in [0.4, 0.5) is 11.4 Å². The van der Waals surface area contributed by atoms with Crippen molar-refractivity contribution in [2.24, 2.45) is 0 Å². The molecule has 0 amide bonds. The minimum Gasteiger partial charge on any atom is -0.490 e. The van der Waals surface area contributed by atoms with E-state index in [4.69, 9.17) is 4.74 Å². The molecule has 5 heteroatoms. The number of rotatable bonds is 6. The molecule has 0 saturated heterocycles. The second-order valence-corrected chi connectivity index (χ2v) is 4.88. The highest BCUT2D eigenvalue weighted by atomic mass is 16.6. The van der Waals surface area contributed by atoms with E-state index in [1.807, 2.05) is 25.1 Å². The van der Waals surface area contributed by atoms with Crippen LogP contribution in [0, 0.1) is 10.1 Å². The molecule has 2 aromatic rings. The quantitative estimate of drug-likeness (QED) is 0.650. The molecule has 1 N–H and O–H groups in total. The Bertz CT molecular complexity index is 614. The number of nitrogens with zero attached hydrogens (tertiary/aromatic N) is 1. The molecule has 110 valence electrons. The Balaban J connectivity index is 2.09. The van der Waals surface area contributed by atoms with Crippen LogP contribution in [-0.4, -0.2) is 18.1 Å². The Morgan fingerprint density at radius 2 is 1.95 bits per heavy atom. The van der Waals surface area contributed by atoms with E-state index in [0.29, 0.717) is 5.69 Å². The summed E-state index contributed by atoms with van der Waals surface area (Å²) in [6, 6.07) is 15.2. The first-order chi connectivity index (χ1) is 10.1. The number of ether oxygens (including phenoxy) is 1. The van der Waals surface area contributed by atoms with E-state index < -0.39 is 4.92 Å². The summed E-state index contributed by atoms with van der Waals surface area (Å²) in [6.07, 6.45) is 0.848. The number of nitro benzene ring substituents is 1. The molecular formula is C16H18N2O3. The van der Waals surface area contributed by atoms with Gasteiger partial charge in [-0.2, -0.15) is 0 Å². The van der Waals surface area contributed by atoms with Gasteiger partial charge in [-0.25, -0.2) is 0 Å². The van der Waals surface area contributed by atoms with Crippen molar-refractivity contribution in [3.8, 4) is 5.75 Å². The number of hydrogen-bond donors (Lipinski definition) is 1. The molecule has 0 aliphatic heterocycles.